The second-order valence-electron chi connectivity index (χ2n) is 6.59. The van der Waals surface area contributed by atoms with Crippen molar-refractivity contribution in [2.45, 2.75) is 33.1 Å². The Hall–Kier alpha value is -3.48. The minimum atomic E-state index is -0.593. The molecule has 1 amide bonds. The van der Waals surface area contributed by atoms with Gasteiger partial charge < -0.3 is 10.1 Å². The number of aromatic nitrogens is 2. The number of anilines is 1. The number of benzene rings is 2. The van der Waals surface area contributed by atoms with E-state index in [1.54, 1.807) is 24.3 Å². The van der Waals surface area contributed by atoms with Crippen molar-refractivity contribution in [1.82, 2.24) is 10.2 Å². The average Bonchev–Trinajstić information content (AvgIpc) is 2.74. The van der Waals surface area contributed by atoms with Crippen LogP contribution in [0.1, 0.15) is 30.7 Å². The maximum absolute atomic E-state index is 12.3. The Morgan fingerprint density at radius 3 is 2.31 bits per heavy atom. The number of aromatic amines is 1. The van der Waals surface area contributed by atoms with Gasteiger partial charge in [-0.1, -0.05) is 50.2 Å². The van der Waals surface area contributed by atoms with Crippen molar-refractivity contribution in [3.8, 4) is 0 Å². The molecule has 0 aliphatic rings. The maximum atomic E-state index is 12.3. The fourth-order valence-electron chi connectivity index (χ4n) is 3.22. The number of rotatable bonds is 7. The number of ether oxygens (including phenoxy) is 1. The molecule has 0 saturated carbocycles. The van der Waals surface area contributed by atoms with Crippen molar-refractivity contribution in [2.24, 2.45) is 0 Å². The van der Waals surface area contributed by atoms with Gasteiger partial charge in [0.05, 0.1) is 17.5 Å². The van der Waals surface area contributed by atoms with Gasteiger partial charge in [-0.3, -0.25) is 14.4 Å². The Balaban J connectivity index is 1.64. The molecular formula is C22H23N3O4. The molecular weight excluding hydrogens is 370 g/mol. The van der Waals surface area contributed by atoms with Gasteiger partial charge in [0, 0.05) is 11.1 Å². The lowest BCUT2D eigenvalue weighted by Crippen LogP contribution is -2.23. The lowest BCUT2D eigenvalue weighted by atomic mass is 10.0. The molecule has 7 heteroatoms. The predicted molar refractivity (Wildman–Crippen MR) is 111 cm³/mol. The van der Waals surface area contributed by atoms with E-state index in [0.717, 1.165) is 29.7 Å². The van der Waals surface area contributed by atoms with Crippen LogP contribution < -0.4 is 10.9 Å². The summed E-state index contributed by atoms with van der Waals surface area (Å²) in [5, 5.41) is 10.2. The van der Waals surface area contributed by atoms with E-state index in [1.165, 1.54) is 0 Å². The topological polar surface area (TPSA) is 101 Å². The number of carbonyl (C=O) groups excluding carboxylic acids is 2. The van der Waals surface area contributed by atoms with Crippen molar-refractivity contribution in [3.63, 3.8) is 0 Å². The van der Waals surface area contributed by atoms with Crippen LogP contribution in [-0.4, -0.2) is 28.7 Å². The third-order valence-electron chi connectivity index (χ3n) is 4.71. The van der Waals surface area contributed by atoms with Crippen LogP contribution >= 0.6 is 0 Å². The highest BCUT2D eigenvalue weighted by molar-refractivity contribution is 5.94. The number of nitrogens with zero attached hydrogens (tertiary/aromatic N) is 1. The largest absolute Gasteiger partial charge is 0.455 e. The summed E-state index contributed by atoms with van der Waals surface area (Å²) in [5.41, 5.74) is 2.93. The summed E-state index contributed by atoms with van der Waals surface area (Å²) in [5.74, 6) is -0.988. The SMILES string of the molecule is CCc1cccc(CC)c1NC(=O)COC(=O)Cc1n[nH]c(=O)c2ccccc12. The Morgan fingerprint density at radius 1 is 1.00 bits per heavy atom. The minimum absolute atomic E-state index is 0.143. The second-order valence-corrected chi connectivity index (χ2v) is 6.59. The number of nitrogens with one attached hydrogen (secondary N) is 2. The summed E-state index contributed by atoms with van der Waals surface area (Å²) in [6.07, 6.45) is 1.43. The summed E-state index contributed by atoms with van der Waals surface area (Å²) >= 11 is 0. The van der Waals surface area contributed by atoms with E-state index in [9.17, 15) is 14.4 Å². The highest BCUT2D eigenvalue weighted by Crippen LogP contribution is 2.22. The maximum Gasteiger partial charge on any atom is 0.312 e. The van der Waals surface area contributed by atoms with Gasteiger partial charge in [0.15, 0.2) is 6.61 Å². The molecule has 1 aromatic heterocycles. The van der Waals surface area contributed by atoms with Gasteiger partial charge in [0.1, 0.15) is 0 Å². The third kappa shape index (κ3) is 4.68. The fraction of sp³-hybridized carbons (Fsp3) is 0.273. The smallest absolute Gasteiger partial charge is 0.312 e. The second kappa shape index (κ2) is 9.14. The number of amides is 1. The Labute approximate surface area is 168 Å². The van der Waals surface area contributed by atoms with E-state index in [0.29, 0.717) is 16.5 Å². The molecule has 0 aliphatic heterocycles. The van der Waals surface area contributed by atoms with E-state index in [4.69, 9.17) is 4.74 Å². The van der Waals surface area contributed by atoms with Gasteiger partial charge >= 0.3 is 5.97 Å². The van der Waals surface area contributed by atoms with Gasteiger partial charge in [0.2, 0.25) is 0 Å². The van der Waals surface area contributed by atoms with E-state index >= 15 is 0 Å². The van der Waals surface area contributed by atoms with Gasteiger partial charge in [-0.15, -0.1) is 0 Å². The zero-order chi connectivity index (χ0) is 20.8. The lowest BCUT2D eigenvalue weighted by Gasteiger charge is -2.14. The fourth-order valence-corrected chi connectivity index (χ4v) is 3.22. The average molecular weight is 393 g/mol. The normalized spacial score (nSPS) is 10.7. The van der Waals surface area contributed by atoms with Crippen LogP contribution in [0.25, 0.3) is 10.8 Å². The number of carbonyl (C=O) groups is 2. The number of para-hydroxylation sites is 1. The van der Waals surface area contributed by atoms with E-state index < -0.39 is 11.9 Å². The molecule has 0 bridgehead atoms. The Morgan fingerprint density at radius 2 is 1.66 bits per heavy atom. The van der Waals surface area contributed by atoms with Crippen LogP contribution in [0.4, 0.5) is 5.69 Å². The molecule has 3 rings (SSSR count). The number of esters is 1. The van der Waals surface area contributed by atoms with Crippen molar-refractivity contribution in [2.75, 3.05) is 11.9 Å². The van der Waals surface area contributed by atoms with Gasteiger partial charge in [-0.2, -0.15) is 5.10 Å². The minimum Gasteiger partial charge on any atom is -0.455 e. The lowest BCUT2D eigenvalue weighted by molar-refractivity contribution is -0.146. The highest BCUT2D eigenvalue weighted by Gasteiger charge is 2.15. The first-order valence-corrected chi connectivity index (χ1v) is 9.56. The van der Waals surface area contributed by atoms with Crippen LogP contribution in [0.5, 0.6) is 0 Å². The molecule has 0 saturated heterocycles. The zero-order valence-electron chi connectivity index (χ0n) is 16.5. The first-order chi connectivity index (χ1) is 14.0. The van der Waals surface area contributed by atoms with Gasteiger partial charge in [0.25, 0.3) is 11.5 Å². The highest BCUT2D eigenvalue weighted by atomic mass is 16.5. The van der Waals surface area contributed by atoms with Crippen molar-refractivity contribution in [3.05, 3.63) is 69.6 Å². The first kappa shape index (κ1) is 20.3. The molecule has 0 aliphatic carbocycles. The molecule has 0 spiro atoms. The molecule has 7 nitrogen and oxygen atoms in total. The van der Waals surface area contributed by atoms with Crippen molar-refractivity contribution in [1.29, 1.82) is 0 Å². The summed E-state index contributed by atoms with van der Waals surface area (Å²) in [6.45, 7) is 3.65. The number of hydrogen-bond donors (Lipinski definition) is 2. The zero-order valence-corrected chi connectivity index (χ0v) is 16.5. The van der Waals surface area contributed by atoms with Crippen molar-refractivity contribution >= 4 is 28.3 Å². The van der Waals surface area contributed by atoms with E-state index in [1.807, 2.05) is 32.0 Å². The number of hydrogen-bond acceptors (Lipinski definition) is 5. The molecule has 2 aromatic carbocycles. The molecule has 29 heavy (non-hydrogen) atoms. The molecule has 0 fully saturated rings. The molecule has 150 valence electrons. The summed E-state index contributed by atoms with van der Waals surface area (Å²) < 4.78 is 5.12. The van der Waals surface area contributed by atoms with Crippen molar-refractivity contribution < 1.29 is 14.3 Å². The number of aryl methyl sites for hydroxylation is 2. The first-order valence-electron chi connectivity index (χ1n) is 9.56. The quantitative estimate of drug-likeness (QED) is 0.601. The summed E-state index contributed by atoms with van der Waals surface area (Å²) in [7, 11) is 0. The monoisotopic (exact) mass is 393 g/mol. The van der Waals surface area contributed by atoms with E-state index in [2.05, 4.69) is 15.5 Å². The van der Waals surface area contributed by atoms with Crippen LogP contribution in [0.15, 0.2) is 47.3 Å². The molecule has 1 heterocycles. The van der Waals surface area contributed by atoms with Crippen LogP contribution in [0, 0.1) is 0 Å². The van der Waals surface area contributed by atoms with Crippen LogP contribution in [-0.2, 0) is 33.6 Å². The van der Waals surface area contributed by atoms with Gasteiger partial charge in [-0.25, -0.2) is 5.10 Å². The standard InChI is InChI=1S/C22H23N3O4/c1-3-14-8-7-9-15(4-2)21(14)23-19(26)13-29-20(27)12-18-16-10-5-6-11-17(16)22(28)25-24-18/h5-11H,3-4,12-13H2,1-2H3,(H,23,26)(H,25,28). The molecule has 0 radical (unpaired) electrons. The molecule has 2 N–H and O–H groups in total. The summed E-state index contributed by atoms with van der Waals surface area (Å²) in [4.78, 5) is 36.3. The predicted octanol–water partition coefficient (Wildman–Crippen LogP) is 2.77. The number of fused-ring (bicyclic) bond motifs is 1. The molecule has 3 aromatic rings. The molecule has 0 unspecified atom stereocenters. The van der Waals surface area contributed by atoms with Crippen LogP contribution in [0.2, 0.25) is 0 Å². The van der Waals surface area contributed by atoms with E-state index in [-0.39, 0.29) is 18.6 Å². The number of H-pyrrole nitrogens is 1. The van der Waals surface area contributed by atoms with Gasteiger partial charge in [-0.05, 0) is 30.0 Å². The summed E-state index contributed by atoms with van der Waals surface area (Å²) in [6, 6.07) is 12.8. The Bertz CT molecular complexity index is 1080. The van der Waals surface area contributed by atoms with Crippen LogP contribution in [0.3, 0.4) is 0 Å². The molecule has 0 atom stereocenters. The third-order valence-corrected chi connectivity index (χ3v) is 4.71. The Kier molecular flexibility index (Phi) is 6.39.